The zero-order chi connectivity index (χ0) is 13.4. The molecule has 0 fully saturated rings. The number of nitrogens with one attached hydrogen (secondary N) is 1. The molecule has 3 aromatic rings. The van der Waals surface area contributed by atoms with Crippen LogP contribution < -0.4 is 0 Å². The number of aromatic amines is 1. The first-order valence-corrected chi connectivity index (χ1v) is 5.98. The number of fused-ring (bicyclic) bond motifs is 1. The van der Waals surface area contributed by atoms with E-state index in [0.29, 0.717) is 5.52 Å². The summed E-state index contributed by atoms with van der Waals surface area (Å²) in [5, 5.41) is 12.1. The van der Waals surface area contributed by atoms with Gasteiger partial charge in [-0.3, -0.25) is 10.1 Å². The van der Waals surface area contributed by atoms with Gasteiger partial charge in [0.25, 0.3) is 5.69 Å². The predicted molar refractivity (Wildman–Crippen MR) is 75.1 cm³/mol. The van der Waals surface area contributed by atoms with Gasteiger partial charge in [-0.05, 0) is 30.2 Å². The van der Waals surface area contributed by atoms with E-state index in [2.05, 4.69) is 4.98 Å². The number of rotatable bonds is 2. The lowest BCUT2D eigenvalue weighted by Crippen LogP contribution is -1.90. The van der Waals surface area contributed by atoms with Crippen LogP contribution in [-0.2, 0) is 0 Å². The molecular formula is C15H12N2O2. The van der Waals surface area contributed by atoms with Crippen molar-refractivity contribution in [1.29, 1.82) is 0 Å². The third-order valence-electron chi connectivity index (χ3n) is 3.15. The molecule has 0 amide bonds. The summed E-state index contributed by atoms with van der Waals surface area (Å²) in [6.45, 7) is 1.89. The van der Waals surface area contributed by atoms with E-state index < -0.39 is 0 Å². The number of aromatic nitrogens is 1. The van der Waals surface area contributed by atoms with Gasteiger partial charge in [0.1, 0.15) is 5.52 Å². The minimum Gasteiger partial charge on any atom is -0.353 e. The molecule has 0 spiro atoms. The van der Waals surface area contributed by atoms with Gasteiger partial charge in [-0.1, -0.05) is 30.3 Å². The van der Waals surface area contributed by atoms with Crippen molar-refractivity contribution in [1.82, 2.24) is 4.98 Å². The maximum Gasteiger partial charge on any atom is 0.293 e. The van der Waals surface area contributed by atoms with Gasteiger partial charge < -0.3 is 4.98 Å². The molecule has 0 saturated heterocycles. The van der Waals surface area contributed by atoms with E-state index in [0.717, 1.165) is 22.2 Å². The molecule has 0 saturated carbocycles. The van der Waals surface area contributed by atoms with Gasteiger partial charge in [-0.2, -0.15) is 0 Å². The molecular weight excluding hydrogens is 240 g/mol. The van der Waals surface area contributed by atoms with Gasteiger partial charge in [0.2, 0.25) is 0 Å². The normalized spacial score (nSPS) is 10.8. The largest absolute Gasteiger partial charge is 0.353 e. The summed E-state index contributed by atoms with van der Waals surface area (Å²) in [5.74, 6) is 0. The Labute approximate surface area is 109 Å². The molecule has 0 unspecified atom stereocenters. The van der Waals surface area contributed by atoms with Crippen molar-refractivity contribution < 1.29 is 4.92 Å². The molecule has 4 heteroatoms. The third-order valence-corrected chi connectivity index (χ3v) is 3.15. The van der Waals surface area contributed by atoms with Crippen LogP contribution in [0.3, 0.4) is 0 Å². The average molecular weight is 252 g/mol. The fraction of sp³-hybridized carbons (Fsp3) is 0.0667. The van der Waals surface area contributed by atoms with Gasteiger partial charge >= 0.3 is 0 Å². The standard InChI is InChI=1S/C15H12N2O2/c1-10-7-13-8-12(11-5-3-2-4-6-11)9-14(17(18)19)15(13)16-10/h2-9,16H,1H3. The highest BCUT2D eigenvalue weighted by Gasteiger charge is 2.16. The Morgan fingerprint density at radius 1 is 1.05 bits per heavy atom. The zero-order valence-electron chi connectivity index (χ0n) is 10.4. The molecule has 0 radical (unpaired) electrons. The van der Waals surface area contributed by atoms with Crippen molar-refractivity contribution in [2.45, 2.75) is 6.92 Å². The van der Waals surface area contributed by atoms with E-state index in [1.807, 2.05) is 49.4 Å². The molecule has 0 atom stereocenters. The molecule has 2 aromatic carbocycles. The van der Waals surface area contributed by atoms with Crippen LogP contribution in [-0.4, -0.2) is 9.91 Å². The van der Waals surface area contributed by atoms with Crippen molar-refractivity contribution in [2.24, 2.45) is 0 Å². The molecule has 94 valence electrons. The van der Waals surface area contributed by atoms with Crippen molar-refractivity contribution in [2.75, 3.05) is 0 Å². The highest BCUT2D eigenvalue weighted by Crippen LogP contribution is 2.32. The molecule has 1 heterocycles. The Morgan fingerprint density at radius 3 is 2.47 bits per heavy atom. The molecule has 0 aliphatic heterocycles. The van der Waals surface area contributed by atoms with Gasteiger partial charge in [0.05, 0.1) is 4.92 Å². The lowest BCUT2D eigenvalue weighted by molar-refractivity contribution is -0.383. The number of nitrogens with zero attached hydrogens (tertiary/aromatic N) is 1. The van der Waals surface area contributed by atoms with Crippen LogP contribution in [0.25, 0.3) is 22.0 Å². The first kappa shape index (κ1) is 11.5. The number of hydrogen-bond donors (Lipinski definition) is 1. The minimum absolute atomic E-state index is 0.115. The number of non-ortho nitro benzene ring substituents is 1. The van der Waals surface area contributed by atoms with E-state index in [9.17, 15) is 10.1 Å². The fourth-order valence-corrected chi connectivity index (χ4v) is 2.31. The Bertz CT molecular complexity index is 760. The summed E-state index contributed by atoms with van der Waals surface area (Å²) in [6, 6.07) is 15.2. The minimum atomic E-state index is -0.343. The Morgan fingerprint density at radius 2 is 1.79 bits per heavy atom. The van der Waals surface area contributed by atoms with Crippen molar-refractivity contribution in [3.8, 4) is 11.1 Å². The van der Waals surface area contributed by atoms with E-state index in [1.165, 1.54) is 0 Å². The maximum absolute atomic E-state index is 11.2. The van der Waals surface area contributed by atoms with Gasteiger partial charge in [-0.25, -0.2) is 0 Å². The second-order valence-electron chi connectivity index (χ2n) is 4.54. The van der Waals surface area contributed by atoms with Crippen molar-refractivity contribution in [3.63, 3.8) is 0 Å². The third kappa shape index (κ3) is 1.97. The van der Waals surface area contributed by atoms with Crippen LogP contribution in [0.15, 0.2) is 48.5 Å². The fourth-order valence-electron chi connectivity index (χ4n) is 2.31. The summed E-state index contributed by atoms with van der Waals surface area (Å²) < 4.78 is 0. The molecule has 0 aliphatic rings. The Hall–Kier alpha value is -2.62. The molecule has 4 nitrogen and oxygen atoms in total. The maximum atomic E-state index is 11.2. The van der Waals surface area contributed by atoms with Gasteiger partial charge in [0, 0.05) is 17.1 Å². The molecule has 0 bridgehead atoms. The smallest absolute Gasteiger partial charge is 0.293 e. The first-order chi connectivity index (χ1) is 9.15. The molecule has 19 heavy (non-hydrogen) atoms. The Kier molecular flexibility index (Phi) is 2.56. The topological polar surface area (TPSA) is 58.9 Å². The molecule has 1 N–H and O–H groups in total. The van der Waals surface area contributed by atoms with E-state index in [-0.39, 0.29) is 10.6 Å². The van der Waals surface area contributed by atoms with Crippen molar-refractivity contribution in [3.05, 3.63) is 64.3 Å². The van der Waals surface area contributed by atoms with Crippen LogP contribution in [0.2, 0.25) is 0 Å². The number of benzene rings is 2. The van der Waals surface area contributed by atoms with Gasteiger partial charge in [-0.15, -0.1) is 0 Å². The Balaban J connectivity index is 2.30. The lowest BCUT2D eigenvalue weighted by atomic mass is 10.0. The van der Waals surface area contributed by atoms with Crippen LogP contribution in [0, 0.1) is 17.0 Å². The van der Waals surface area contributed by atoms with E-state index in [4.69, 9.17) is 0 Å². The number of hydrogen-bond acceptors (Lipinski definition) is 2. The van der Waals surface area contributed by atoms with Gasteiger partial charge in [0.15, 0.2) is 0 Å². The van der Waals surface area contributed by atoms with E-state index >= 15 is 0 Å². The molecule has 0 aliphatic carbocycles. The summed E-state index contributed by atoms with van der Waals surface area (Å²) in [5.41, 5.74) is 3.46. The van der Waals surface area contributed by atoms with Crippen LogP contribution in [0.5, 0.6) is 0 Å². The first-order valence-electron chi connectivity index (χ1n) is 5.98. The number of H-pyrrole nitrogens is 1. The second-order valence-corrected chi connectivity index (χ2v) is 4.54. The highest BCUT2D eigenvalue weighted by atomic mass is 16.6. The summed E-state index contributed by atoms with van der Waals surface area (Å²) in [6.07, 6.45) is 0. The van der Waals surface area contributed by atoms with Crippen molar-refractivity contribution >= 4 is 16.6 Å². The highest BCUT2D eigenvalue weighted by molar-refractivity contribution is 5.93. The predicted octanol–water partition coefficient (Wildman–Crippen LogP) is 4.05. The quantitative estimate of drug-likeness (QED) is 0.552. The van der Waals surface area contributed by atoms with E-state index in [1.54, 1.807) is 6.07 Å². The van der Waals surface area contributed by atoms with Crippen LogP contribution >= 0.6 is 0 Å². The SMILES string of the molecule is Cc1cc2cc(-c3ccccc3)cc([N+](=O)[O-])c2[nH]1. The number of nitro benzene ring substituents is 1. The summed E-state index contributed by atoms with van der Waals surface area (Å²) in [7, 11) is 0. The zero-order valence-corrected chi connectivity index (χ0v) is 10.4. The lowest BCUT2D eigenvalue weighted by Gasteiger charge is -2.02. The summed E-state index contributed by atoms with van der Waals surface area (Å²) in [4.78, 5) is 13.9. The van der Waals surface area contributed by atoms with Crippen LogP contribution in [0.1, 0.15) is 5.69 Å². The summed E-state index contributed by atoms with van der Waals surface area (Å²) >= 11 is 0. The number of aryl methyl sites for hydroxylation is 1. The molecule has 3 rings (SSSR count). The average Bonchev–Trinajstić information content (AvgIpc) is 2.78. The monoisotopic (exact) mass is 252 g/mol. The number of nitro groups is 1. The second kappa shape index (κ2) is 4.24. The molecule has 1 aromatic heterocycles. The van der Waals surface area contributed by atoms with Crippen LogP contribution in [0.4, 0.5) is 5.69 Å².